The molecule has 1 aromatic carbocycles. The highest BCUT2D eigenvalue weighted by Crippen LogP contribution is 2.25. The number of rotatable bonds is 6. The SMILES string of the molecule is CN(C)CCOc1cc(NN)cc([N+](=O)[O-])c1. The van der Waals surface area contributed by atoms with Crippen LogP contribution < -0.4 is 16.0 Å². The Hall–Kier alpha value is -1.86. The van der Waals surface area contributed by atoms with Crippen molar-refractivity contribution >= 4 is 11.4 Å². The summed E-state index contributed by atoms with van der Waals surface area (Å²) in [6.45, 7) is 1.19. The molecule has 0 aliphatic heterocycles. The second-order valence-corrected chi connectivity index (χ2v) is 3.77. The molecule has 0 aliphatic carbocycles. The number of nitro groups is 1. The molecule has 0 saturated carbocycles. The molecule has 0 amide bonds. The van der Waals surface area contributed by atoms with Gasteiger partial charge in [0.05, 0.1) is 16.7 Å². The normalized spacial score (nSPS) is 10.4. The van der Waals surface area contributed by atoms with Crippen molar-refractivity contribution in [3.05, 3.63) is 28.3 Å². The van der Waals surface area contributed by atoms with Gasteiger partial charge in [-0.3, -0.25) is 16.0 Å². The fourth-order valence-electron chi connectivity index (χ4n) is 1.20. The van der Waals surface area contributed by atoms with Crippen LogP contribution in [-0.4, -0.2) is 37.1 Å². The standard InChI is InChI=1S/C10H16N4O3/c1-13(2)3-4-17-10-6-8(12-11)5-9(7-10)14(15)16/h5-7,12H,3-4,11H2,1-2H3. The lowest BCUT2D eigenvalue weighted by atomic mass is 10.2. The average Bonchev–Trinajstić information content (AvgIpc) is 2.28. The van der Waals surface area contributed by atoms with Crippen LogP contribution in [0.5, 0.6) is 5.75 Å². The van der Waals surface area contributed by atoms with Crippen LogP contribution >= 0.6 is 0 Å². The Morgan fingerprint density at radius 3 is 2.71 bits per heavy atom. The summed E-state index contributed by atoms with van der Waals surface area (Å²) < 4.78 is 5.41. The van der Waals surface area contributed by atoms with Crippen molar-refractivity contribution < 1.29 is 9.66 Å². The van der Waals surface area contributed by atoms with Crippen LogP contribution in [-0.2, 0) is 0 Å². The Morgan fingerprint density at radius 1 is 1.47 bits per heavy atom. The van der Waals surface area contributed by atoms with E-state index in [9.17, 15) is 10.1 Å². The molecule has 0 bridgehead atoms. The summed E-state index contributed by atoms with van der Waals surface area (Å²) in [5.74, 6) is 5.65. The number of benzene rings is 1. The maximum absolute atomic E-state index is 10.7. The average molecular weight is 240 g/mol. The van der Waals surface area contributed by atoms with Crippen molar-refractivity contribution in [2.24, 2.45) is 5.84 Å². The number of nitrogens with zero attached hydrogens (tertiary/aromatic N) is 2. The lowest BCUT2D eigenvalue weighted by molar-refractivity contribution is -0.384. The van der Waals surface area contributed by atoms with Gasteiger partial charge in [0.25, 0.3) is 5.69 Å². The van der Waals surface area contributed by atoms with Crippen LogP contribution in [0.15, 0.2) is 18.2 Å². The molecule has 0 fully saturated rings. The van der Waals surface area contributed by atoms with E-state index < -0.39 is 4.92 Å². The summed E-state index contributed by atoms with van der Waals surface area (Å²) in [5.41, 5.74) is 2.76. The minimum absolute atomic E-state index is 0.0553. The molecule has 1 aromatic rings. The monoisotopic (exact) mass is 240 g/mol. The van der Waals surface area contributed by atoms with E-state index in [2.05, 4.69) is 5.43 Å². The van der Waals surface area contributed by atoms with E-state index in [0.29, 0.717) is 18.0 Å². The number of nitrogen functional groups attached to an aromatic ring is 1. The van der Waals surface area contributed by atoms with Gasteiger partial charge in [0.2, 0.25) is 0 Å². The molecule has 0 atom stereocenters. The highest BCUT2D eigenvalue weighted by molar-refractivity contribution is 5.55. The summed E-state index contributed by atoms with van der Waals surface area (Å²) in [5, 5.41) is 10.7. The summed E-state index contributed by atoms with van der Waals surface area (Å²) in [4.78, 5) is 12.1. The van der Waals surface area contributed by atoms with Crippen molar-refractivity contribution in [2.45, 2.75) is 0 Å². The van der Waals surface area contributed by atoms with Crippen LogP contribution in [0.3, 0.4) is 0 Å². The van der Waals surface area contributed by atoms with Gasteiger partial charge in [-0.05, 0) is 14.1 Å². The lowest BCUT2D eigenvalue weighted by Gasteiger charge is -2.11. The molecule has 94 valence electrons. The molecule has 0 spiro atoms. The summed E-state index contributed by atoms with van der Waals surface area (Å²) >= 11 is 0. The zero-order valence-corrected chi connectivity index (χ0v) is 9.84. The van der Waals surface area contributed by atoms with Gasteiger partial charge in [0, 0.05) is 18.7 Å². The third-order valence-corrected chi connectivity index (χ3v) is 2.08. The van der Waals surface area contributed by atoms with E-state index in [0.717, 1.165) is 6.54 Å². The Bertz CT molecular complexity index is 395. The molecule has 7 heteroatoms. The highest BCUT2D eigenvalue weighted by atomic mass is 16.6. The van der Waals surface area contributed by atoms with Crippen molar-refractivity contribution in [3.8, 4) is 5.75 Å². The number of nitrogens with two attached hydrogens (primary N) is 1. The first-order valence-corrected chi connectivity index (χ1v) is 5.06. The maximum Gasteiger partial charge on any atom is 0.275 e. The second-order valence-electron chi connectivity index (χ2n) is 3.77. The van der Waals surface area contributed by atoms with Crippen LogP contribution in [0.4, 0.5) is 11.4 Å². The smallest absolute Gasteiger partial charge is 0.275 e. The molecule has 3 N–H and O–H groups in total. The number of non-ortho nitro benzene ring substituents is 1. The topological polar surface area (TPSA) is 93.7 Å². The minimum Gasteiger partial charge on any atom is -0.492 e. The molecule has 0 heterocycles. The summed E-state index contributed by atoms with van der Waals surface area (Å²) in [6.07, 6.45) is 0. The molecule has 0 aromatic heterocycles. The number of hydrogen-bond donors (Lipinski definition) is 2. The van der Waals surface area contributed by atoms with E-state index in [1.54, 1.807) is 6.07 Å². The number of hydrazine groups is 1. The number of nitro benzene ring substituents is 1. The quantitative estimate of drug-likeness (QED) is 0.434. The third kappa shape index (κ3) is 4.25. The minimum atomic E-state index is -0.486. The van der Waals surface area contributed by atoms with Gasteiger partial charge in [-0.25, -0.2) is 0 Å². The first kappa shape index (κ1) is 13.2. The summed E-state index contributed by atoms with van der Waals surface area (Å²) in [7, 11) is 3.84. The fourth-order valence-corrected chi connectivity index (χ4v) is 1.20. The zero-order valence-electron chi connectivity index (χ0n) is 9.84. The lowest BCUT2D eigenvalue weighted by Crippen LogP contribution is -2.19. The van der Waals surface area contributed by atoms with E-state index in [1.807, 2.05) is 19.0 Å². The van der Waals surface area contributed by atoms with E-state index >= 15 is 0 Å². The maximum atomic E-state index is 10.7. The molecule has 0 radical (unpaired) electrons. The summed E-state index contributed by atoms with van der Waals surface area (Å²) in [6, 6.07) is 4.33. The zero-order chi connectivity index (χ0) is 12.8. The van der Waals surface area contributed by atoms with Crippen molar-refractivity contribution in [1.82, 2.24) is 4.90 Å². The molecule has 0 saturated heterocycles. The molecule has 7 nitrogen and oxygen atoms in total. The number of nitrogens with one attached hydrogen (secondary N) is 1. The number of hydrogen-bond acceptors (Lipinski definition) is 6. The molecule has 1 rings (SSSR count). The van der Waals surface area contributed by atoms with Crippen molar-refractivity contribution in [3.63, 3.8) is 0 Å². The Kier molecular flexibility index (Phi) is 4.68. The Morgan fingerprint density at radius 2 is 2.18 bits per heavy atom. The highest BCUT2D eigenvalue weighted by Gasteiger charge is 2.10. The fraction of sp³-hybridized carbons (Fsp3) is 0.400. The Labute approximate surface area is 99.3 Å². The molecule has 0 unspecified atom stereocenters. The molecular formula is C10H16N4O3. The van der Waals surface area contributed by atoms with Gasteiger partial charge in [-0.15, -0.1) is 0 Å². The predicted octanol–water partition coefficient (Wildman–Crippen LogP) is 0.821. The van der Waals surface area contributed by atoms with Crippen molar-refractivity contribution in [2.75, 3.05) is 32.7 Å². The van der Waals surface area contributed by atoms with Crippen LogP contribution in [0.1, 0.15) is 0 Å². The van der Waals surface area contributed by atoms with Gasteiger partial charge >= 0.3 is 0 Å². The van der Waals surface area contributed by atoms with Gasteiger partial charge in [0.1, 0.15) is 12.4 Å². The number of anilines is 1. The number of likely N-dealkylation sites (N-methyl/N-ethyl adjacent to an activating group) is 1. The van der Waals surface area contributed by atoms with Crippen LogP contribution in [0.2, 0.25) is 0 Å². The second kappa shape index (κ2) is 6.02. The van der Waals surface area contributed by atoms with E-state index in [1.165, 1.54) is 12.1 Å². The first-order valence-electron chi connectivity index (χ1n) is 5.06. The third-order valence-electron chi connectivity index (χ3n) is 2.08. The predicted molar refractivity (Wildman–Crippen MR) is 65.0 cm³/mol. The number of ether oxygens (including phenoxy) is 1. The van der Waals surface area contributed by atoms with Crippen LogP contribution in [0.25, 0.3) is 0 Å². The van der Waals surface area contributed by atoms with E-state index in [4.69, 9.17) is 10.6 Å². The van der Waals surface area contributed by atoms with Gasteiger partial charge < -0.3 is 15.1 Å². The molecular weight excluding hydrogens is 224 g/mol. The molecule has 0 aliphatic rings. The van der Waals surface area contributed by atoms with Gasteiger partial charge in [-0.1, -0.05) is 0 Å². The van der Waals surface area contributed by atoms with E-state index in [-0.39, 0.29) is 5.69 Å². The molecule has 17 heavy (non-hydrogen) atoms. The van der Waals surface area contributed by atoms with Crippen molar-refractivity contribution in [1.29, 1.82) is 0 Å². The Balaban J connectivity index is 2.76. The van der Waals surface area contributed by atoms with Gasteiger partial charge in [-0.2, -0.15) is 0 Å². The largest absolute Gasteiger partial charge is 0.492 e. The van der Waals surface area contributed by atoms with Crippen LogP contribution in [0, 0.1) is 10.1 Å². The van der Waals surface area contributed by atoms with Gasteiger partial charge in [0.15, 0.2) is 0 Å². The first-order chi connectivity index (χ1) is 8.02.